The largest absolute Gasteiger partial charge is 0.310 e. The van der Waals surface area contributed by atoms with Crippen LogP contribution in [0.3, 0.4) is 0 Å². The van der Waals surface area contributed by atoms with Gasteiger partial charge in [-0.15, -0.1) is 0 Å². The monoisotopic (exact) mass is 191 g/mol. The van der Waals surface area contributed by atoms with Crippen molar-refractivity contribution in [2.24, 2.45) is 5.92 Å². The Kier molecular flexibility index (Phi) is 1.56. The molecule has 0 radical (unpaired) electrons. The second kappa shape index (κ2) is 2.67. The molecule has 2 heterocycles. The number of nitrogens with one attached hydrogen (secondary N) is 2. The first-order valence-electron chi connectivity index (χ1n) is 5.08. The molecule has 1 aliphatic carbocycles. The van der Waals surface area contributed by atoms with Crippen molar-refractivity contribution in [3.05, 3.63) is 27.4 Å². The highest BCUT2D eigenvalue weighted by Gasteiger charge is 2.37. The maximum absolute atomic E-state index is 11.6. The van der Waals surface area contributed by atoms with Crippen LogP contribution in [0.4, 0.5) is 0 Å². The van der Waals surface area contributed by atoms with Gasteiger partial charge >= 0.3 is 0 Å². The lowest BCUT2D eigenvalue weighted by Crippen LogP contribution is -2.17. The van der Waals surface area contributed by atoms with E-state index >= 15 is 0 Å². The summed E-state index contributed by atoms with van der Waals surface area (Å²) < 4.78 is 0. The van der Waals surface area contributed by atoms with E-state index in [0.717, 1.165) is 30.0 Å². The Morgan fingerprint density at radius 3 is 2.93 bits per heavy atom. The van der Waals surface area contributed by atoms with Crippen LogP contribution in [0.15, 0.2) is 4.79 Å². The molecule has 1 fully saturated rings. The van der Waals surface area contributed by atoms with E-state index in [2.05, 4.69) is 22.2 Å². The van der Waals surface area contributed by atoms with Crippen molar-refractivity contribution in [1.29, 1.82) is 0 Å². The van der Waals surface area contributed by atoms with Crippen molar-refractivity contribution in [2.45, 2.75) is 32.4 Å². The summed E-state index contributed by atoms with van der Waals surface area (Å²) in [6, 6.07) is 0. The fourth-order valence-electron chi connectivity index (χ4n) is 2.08. The summed E-state index contributed by atoms with van der Waals surface area (Å²) in [6.07, 6.45) is 1.16. The quantitative estimate of drug-likeness (QED) is 0.679. The van der Waals surface area contributed by atoms with E-state index in [1.807, 2.05) is 0 Å². The van der Waals surface area contributed by atoms with Crippen LogP contribution in [0.2, 0.25) is 0 Å². The smallest absolute Gasteiger partial charge is 0.255 e. The average molecular weight is 191 g/mol. The first-order chi connectivity index (χ1) is 6.75. The maximum atomic E-state index is 11.6. The molecule has 14 heavy (non-hydrogen) atoms. The third-order valence-corrected chi connectivity index (χ3v) is 3.17. The number of aromatic amines is 1. The summed E-state index contributed by atoms with van der Waals surface area (Å²) in [6.45, 7) is 3.60. The number of rotatable bonds is 1. The topological polar surface area (TPSA) is 57.8 Å². The molecule has 1 aromatic rings. The Balaban J connectivity index is 2.08. The molecule has 1 aromatic heterocycles. The molecular weight excluding hydrogens is 178 g/mol. The highest BCUT2D eigenvalue weighted by Crippen LogP contribution is 2.45. The second-order valence-electron chi connectivity index (χ2n) is 4.30. The van der Waals surface area contributed by atoms with Gasteiger partial charge in [-0.05, 0) is 12.3 Å². The van der Waals surface area contributed by atoms with Gasteiger partial charge in [-0.2, -0.15) is 0 Å². The van der Waals surface area contributed by atoms with Crippen LogP contribution < -0.4 is 10.9 Å². The van der Waals surface area contributed by atoms with Crippen molar-refractivity contribution < 1.29 is 0 Å². The molecule has 1 aliphatic heterocycles. The van der Waals surface area contributed by atoms with Crippen LogP contribution in [-0.2, 0) is 13.1 Å². The van der Waals surface area contributed by atoms with Gasteiger partial charge in [0.15, 0.2) is 0 Å². The van der Waals surface area contributed by atoms with Crippen LogP contribution in [0.25, 0.3) is 0 Å². The van der Waals surface area contributed by atoms with Crippen LogP contribution in [0.5, 0.6) is 0 Å². The minimum Gasteiger partial charge on any atom is -0.310 e. The van der Waals surface area contributed by atoms with Crippen LogP contribution in [0, 0.1) is 5.92 Å². The van der Waals surface area contributed by atoms with Gasteiger partial charge in [0.2, 0.25) is 0 Å². The van der Waals surface area contributed by atoms with Gasteiger partial charge in [0.25, 0.3) is 5.56 Å². The number of H-pyrrole nitrogens is 1. The summed E-state index contributed by atoms with van der Waals surface area (Å²) in [4.78, 5) is 19.0. The molecule has 3 rings (SSSR count). The van der Waals surface area contributed by atoms with Crippen LogP contribution in [0.1, 0.15) is 36.3 Å². The maximum Gasteiger partial charge on any atom is 0.255 e. The molecule has 1 saturated carbocycles. The van der Waals surface area contributed by atoms with Gasteiger partial charge in [0.1, 0.15) is 5.82 Å². The molecule has 2 unspecified atom stereocenters. The van der Waals surface area contributed by atoms with E-state index < -0.39 is 0 Å². The third kappa shape index (κ3) is 1.10. The molecule has 2 aliphatic rings. The molecule has 2 atom stereocenters. The third-order valence-electron chi connectivity index (χ3n) is 3.17. The Morgan fingerprint density at radius 2 is 2.21 bits per heavy atom. The highest BCUT2D eigenvalue weighted by atomic mass is 16.1. The minimum absolute atomic E-state index is 0.0501. The molecule has 0 saturated heterocycles. The van der Waals surface area contributed by atoms with Gasteiger partial charge < -0.3 is 10.3 Å². The molecule has 74 valence electrons. The summed E-state index contributed by atoms with van der Waals surface area (Å²) in [5.41, 5.74) is 1.82. The molecule has 0 bridgehead atoms. The Morgan fingerprint density at radius 1 is 1.43 bits per heavy atom. The van der Waals surface area contributed by atoms with E-state index in [1.54, 1.807) is 0 Å². The van der Waals surface area contributed by atoms with E-state index in [1.165, 1.54) is 0 Å². The molecule has 0 spiro atoms. The van der Waals surface area contributed by atoms with Crippen molar-refractivity contribution in [3.8, 4) is 0 Å². The van der Waals surface area contributed by atoms with E-state index in [-0.39, 0.29) is 5.56 Å². The first kappa shape index (κ1) is 8.17. The fourth-order valence-corrected chi connectivity index (χ4v) is 2.08. The van der Waals surface area contributed by atoms with Crippen LogP contribution >= 0.6 is 0 Å². The van der Waals surface area contributed by atoms with E-state index in [0.29, 0.717) is 18.4 Å². The Labute approximate surface area is 81.8 Å². The Bertz CT molecular complexity index is 437. The zero-order valence-electron chi connectivity index (χ0n) is 8.13. The van der Waals surface area contributed by atoms with E-state index in [9.17, 15) is 4.79 Å². The van der Waals surface area contributed by atoms with Crippen molar-refractivity contribution in [1.82, 2.24) is 15.3 Å². The average Bonchev–Trinajstić information content (AvgIpc) is 2.71. The van der Waals surface area contributed by atoms with E-state index in [4.69, 9.17) is 0 Å². The number of nitrogens with zero attached hydrogens (tertiary/aromatic N) is 1. The number of hydrogen-bond donors (Lipinski definition) is 2. The fraction of sp³-hybridized carbons (Fsp3) is 0.600. The Hall–Kier alpha value is -1.16. The molecule has 0 aromatic carbocycles. The molecular formula is C10H13N3O. The van der Waals surface area contributed by atoms with Crippen molar-refractivity contribution in [2.75, 3.05) is 0 Å². The normalized spacial score (nSPS) is 28.9. The van der Waals surface area contributed by atoms with Gasteiger partial charge in [-0.25, -0.2) is 4.98 Å². The minimum atomic E-state index is 0.0501. The van der Waals surface area contributed by atoms with Gasteiger partial charge in [0.05, 0.1) is 11.3 Å². The van der Waals surface area contributed by atoms with Gasteiger partial charge in [0, 0.05) is 19.0 Å². The summed E-state index contributed by atoms with van der Waals surface area (Å²) in [5.74, 6) is 2.07. The van der Waals surface area contributed by atoms with Gasteiger partial charge in [-0.1, -0.05) is 6.92 Å². The summed E-state index contributed by atoms with van der Waals surface area (Å²) in [7, 11) is 0. The number of fused-ring (bicyclic) bond motifs is 1. The molecule has 4 heteroatoms. The van der Waals surface area contributed by atoms with Gasteiger partial charge in [-0.3, -0.25) is 4.79 Å². The summed E-state index contributed by atoms with van der Waals surface area (Å²) >= 11 is 0. The van der Waals surface area contributed by atoms with Crippen molar-refractivity contribution >= 4 is 0 Å². The zero-order chi connectivity index (χ0) is 9.71. The zero-order valence-corrected chi connectivity index (χ0v) is 8.13. The lowest BCUT2D eigenvalue weighted by Gasteiger charge is -2.01. The lowest BCUT2D eigenvalue weighted by atomic mass is 10.2. The number of aromatic nitrogens is 2. The summed E-state index contributed by atoms with van der Waals surface area (Å²) in [5, 5.41) is 3.14. The number of hydrogen-bond acceptors (Lipinski definition) is 3. The lowest BCUT2D eigenvalue weighted by molar-refractivity contribution is 0.753. The standard InChI is InChI=1S/C10H13N3O/c1-5-2-6(5)9-12-8-4-11-3-7(8)10(14)13-9/h5-6,11H,2-4H2,1H3,(H,12,13,14). The predicted molar refractivity (Wildman–Crippen MR) is 51.9 cm³/mol. The SMILES string of the molecule is CC1CC1c1nc2c(c(=O)[nH]1)CNC2. The highest BCUT2D eigenvalue weighted by molar-refractivity contribution is 5.23. The molecule has 4 nitrogen and oxygen atoms in total. The second-order valence-corrected chi connectivity index (χ2v) is 4.30. The molecule has 0 amide bonds. The predicted octanol–water partition coefficient (Wildman–Crippen LogP) is 0.497. The first-order valence-corrected chi connectivity index (χ1v) is 5.08. The van der Waals surface area contributed by atoms with Crippen LogP contribution in [-0.4, -0.2) is 9.97 Å². The molecule has 2 N–H and O–H groups in total. The van der Waals surface area contributed by atoms with Crippen molar-refractivity contribution in [3.63, 3.8) is 0 Å².